The number of aromatic nitrogens is 4. The minimum absolute atomic E-state index is 0.0256. The summed E-state index contributed by atoms with van der Waals surface area (Å²) in [6.45, 7) is 16.3. The van der Waals surface area contributed by atoms with Gasteiger partial charge >= 0.3 is 12.1 Å². The number of rotatable bonds is 36. The van der Waals surface area contributed by atoms with Crippen molar-refractivity contribution in [2.24, 2.45) is 5.92 Å². The maximum Gasteiger partial charge on any atom is 0.410 e. The van der Waals surface area contributed by atoms with Crippen molar-refractivity contribution in [3.05, 3.63) is 113 Å². The van der Waals surface area contributed by atoms with Crippen molar-refractivity contribution in [3.8, 4) is 11.5 Å². The van der Waals surface area contributed by atoms with Crippen LogP contribution in [0.25, 0.3) is 0 Å². The molecular formula is C64H90N12O11S. The maximum absolute atomic E-state index is 14.0. The Labute approximate surface area is 521 Å². The average Bonchev–Trinajstić information content (AvgIpc) is 2.28. The topological polar surface area (TPSA) is 237 Å². The third-order valence-electron chi connectivity index (χ3n) is 15.2. The molecule has 0 bridgehead atoms. The van der Waals surface area contributed by atoms with Crippen LogP contribution in [-0.2, 0) is 65.7 Å². The molecule has 1 saturated carbocycles. The van der Waals surface area contributed by atoms with Crippen molar-refractivity contribution >= 4 is 52.0 Å². The van der Waals surface area contributed by atoms with Crippen LogP contribution in [0.5, 0.6) is 11.5 Å². The van der Waals surface area contributed by atoms with Crippen LogP contribution in [0.1, 0.15) is 81.8 Å². The number of carbonyl (C=O) groups is 5. The number of urea groups is 1. The van der Waals surface area contributed by atoms with Crippen molar-refractivity contribution in [1.82, 2.24) is 49.8 Å². The molecule has 2 saturated heterocycles. The first kappa shape index (κ1) is 66.7. The second kappa shape index (κ2) is 34.5. The smallest absolute Gasteiger partial charge is 0.410 e. The highest BCUT2D eigenvalue weighted by Crippen LogP contribution is 2.34. The number of anilines is 2. The van der Waals surface area contributed by atoms with Crippen LogP contribution >= 0.6 is 11.3 Å². The molecule has 2 aliphatic heterocycles. The van der Waals surface area contributed by atoms with Gasteiger partial charge in [0.2, 0.25) is 17.7 Å². The Kier molecular flexibility index (Phi) is 26.2. The Bertz CT molecular complexity index is 2930. The van der Waals surface area contributed by atoms with Gasteiger partial charge in [0.15, 0.2) is 5.13 Å². The zero-order valence-electron chi connectivity index (χ0n) is 51.9. The lowest BCUT2D eigenvalue weighted by Crippen LogP contribution is -2.57. The van der Waals surface area contributed by atoms with E-state index in [9.17, 15) is 24.0 Å². The zero-order chi connectivity index (χ0) is 62.1. The van der Waals surface area contributed by atoms with Gasteiger partial charge in [0.1, 0.15) is 29.7 Å². The fourth-order valence-electron chi connectivity index (χ4n) is 10.1. The number of unbranched alkanes of at least 4 members (excludes halogenated alkanes) is 1. The molecule has 8 rings (SSSR count). The molecule has 5 aromatic rings. The lowest BCUT2D eigenvalue weighted by molar-refractivity contribution is -0.142. The first-order valence-corrected chi connectivity index (χ1v) is 31.8. The molecule has 88 heavy (non-hydrogen) atoms. The van der Waals surface area contributed by atoms with Gasteiger partial charge in [0, 0.05) is 88.5 Å². The molecule has 1 unspecified atom stereocenters. The van der Waals surface area contributed by atoms with E-state index >= 15 is 0 Å². The van der Waals surface area contributed by atoms with Crippen molar-refractivity contribution in [2.75, 3.05) is 130 Å². The number of nitrogens with one attached hydrogen (secondary N) is 3. The second-order valence-electron chi connectivity index (χ2n) is 23.8. The van der Waals surface area contributed by atoms with E-state index in [1.54, 1.807) is 39.2 Å². The van der Waals surface area contributed by atoms with Crippen LogP contribution in [0.3, 0.4) is 0 Å². The third-order valence-corrected chi connectivity index (χ3v) is 16.0. The molecule has 4 heterocycles. The van der Waals surface area contributed by atoms with Gasteiger partial charge in [0.05, 0.1) is 70.6 Å². The predicted molar refractivity (Wildman–Crippen MR) is 336 cm³/mol. The summed E-state index contributed by atoms with van der Waals surface area (Å²) in [6.07, 6.45) is 7.39. The summed E-state index contributed by atoms with van der Waals surface area (Å²) in [5.41, 5.74) is 3.51. The van der Waals surface area contributed by atoms with Gasteiger partial charge in [-0.2, -0.15) is 0 Å². The van der Waals surface area contributed by atoms with Gasteiger partial charge < -0.3 is 63.6 Å². The van der Waals surface area contributed by atoms with Crippen LogP contribution in [0, 0.1) is 5.92 Å². The molecule has 6 amide bonds. The SMILES string of the molecule is CN(CCCCOc1ccc(CCC(=O)N(C2CC2)C(CC2CN(C(=O)OC(C)(C)C)C2)C(=O)NCc2ccccc2)cc1)CCOCCOCCc1cn(CCOCCOc2ccc(NC(=O)Nc3nc(CC(=O)N4CCN(C)CC4)cs3)cc2)nn1. The van der Waals surface area contributed by atoms with Crippen LogP contribution in [0.4, 0.5) is 20.4 Å². The number of thiazole rings is 1. The Hall–Kier alpha value is -7.22. The monoisotopic (exact) mass is 1230 g/mol. The van der Waals surface area contributed by atoms with Gasteiger partial charge in [-0.3, -0.25) is 19.7 Å². The molecule has 24 heteroatoms. The van der Waals surface area contributed by atoms with Crippen molar-refractivity contribution in [2.45, 2.75) is 109 Å². The van der Waals surface area contributed by atoms with Gasteiger partial charge in [-0.15, -0.1) is 16.4 Å². The number of hydrogen-bond acceptors (Lipinski definition) is 17. The van der Waals surface area contributed by atoms with Crippen molar-refractivity contribution in [3.63, 3.8) is 0 Å². The molecule has 3 aromatic carbocycles. The van der Waals surface area contributed by atoms with Crippen molar-refractivity contribution in [1.29, 1.82) is 0 Å². The number of aryl methyl sites for hydroxylation is 1. The van der Waals surface area contributed by atoms with E-state index in [0.717, 1.165) is 74.4 Å². The minimum atomic E-state index is -0.620. The zero-order valence-corrected chi connectivity index (χ0v) is 52.7. The predicted octanol–water partition coefficient (Wildman–Crippen LogP) is 7.02. The highest BCUT2D eigenvalue weighted by atomic mass is 32.1. The summed E-state index contributed by atoms with van der Waals surface area (Å²) in [5, 5.41) is 19.3. The largest absolute Gasteiger partial charge is 0.494 e. The molecule has 3 aliphatic rings. The number of nitrogens with zero attached hydrogens (tertiary/aromatic N) is 9. The van der Waals surface area contributed by atoms with E-state index in [0.29, 0.717) is 140 Å². The number of likely N-dealkylation sites (N-methyl/N-ethyl adjacent to an activating group) is 2. The number of carbonyl (C=O) groups excluding carboxylic acids is 5. The number of hydrogen-bond donors (Lipinski definition) is 3. The summed E-state index contributed by atoms with van der Waals surface area (Å²) < 4.78 is 36.5. The number of piperazine rings is 1. The molecular weight excluding hydrogens is 1140 g/mol. The van der Waals surface area contributed by atoms with E-state index in [-0.39, 0.29) is 42.2 Å². The molecule has 0 spiro atoms. The lowest BCUT2D eigenvalue weighted by Gasteiger charge is -2.42. The minimum Gasteiger partial charge on any atom is -0.494 e. The fourth-order valence-corrected chi connectivity index (χ4v) is 10.8. The first-order chi connectivity index (χ1) is 42.6. The summed E-state index contributed by atoms with van der Waals surface area (Å²) in [5.74, 6) is 1.38. The molecule has 1 aliphatic carbocycles. The highest BCUT2D eigenvalue weighted by Gasteiger charge is 2.44. The van der Waals surface area contributed by atoms with Crippen molar-refractivity contribution < 1.29 is 52.4 Å². The summed E-state index contributed by atoms with van der Waals surface area (Å²) in [7, 11) is 4.14. The van der Waals surface area contributed by atoms with E-state index in [2.05, 4.69) is 48.1 Å². The molecule has 3 N–H and O–H groups in total. The second-order valence-corrected chi connectivity index (χ2v) is 24.6. The van der Waals surface area contributed by atoms with Crippen LogP contribution < -0.4 is 25.4 Å². The molecule has 1 atom stereocenters. The van der Waals surface area contributed by atoms with Crippen LogP contribution in [-0.4, -0.2) is 211 Å². The summed E-state index contributed by atoms with van der Waals surface area (Å²) >= 11 is 1.28. The quantitative estimate of drug-likeness (QED) is 0.0342. The molecule has 3 fully saturated rings. The lowest BCUT2D eigenvalue weighted by atomic mass is 9.91. The highest BCUT2D eigenvalue weighted by molar-refractivity contribution is 7.14. The van der Waals surface area contributed by atoms with Crippen LogP contribution in [0.2, 0.25) is 0 Å². The van der Waals surface area contributed by atoms with Gasteiger partial charge in [0.25, 0.3) is 0 Å². The van der Waals surface area contributed by atoms with Gasteiger partial charge in [-0.1, -0.05) is 47.7 Å². The molecule has 0 radical (unpaired) electrons. The fraction of sp³-hybridized carbons (Fsp3) is 0.562. The van der Waals surface area contributed by atoms with E-state index in [1.165, 1.54) is 11.3 Å². The molecule has 2 aromatic heterocycles. The number of amides is 6. The molecule has 478 valence electrons. The van der Waals surface area contributed by atoms with E-state index in [4.69, 9.17) is 28.4 Å². The Morgan fingerprint density at radius 3 is 2.15 bits per heavy atom. The number of ether oxygens (including phenoxy) is 6. The van der Waals surface area contributed by atoms with E-state index in [1.807, 2.05) is 98.4 Å². The van der Waals surface area contributed by atoms with Gasteiger partial charge in [-0.05, 0) is 133 Å². The third kappa shape index (κ3) is 23.4. The summed E-state index contributed by atoms with van der Waals surface area (Å²) in [6, 6.07) is 23.8. The number of likely N-dealkylation sites (tertiary alicyclic amines) is 1. The standard InChI is InChI=1S/C64H90N12O11S/c1-64(2,3)87-63(81)74-44-50(45-74)41-57(60(79)65-43-49-11-7-6-8-12-49)76(54-18-19-54)58(77)24-15-48-13-20-55(21-14-48)85-33-10-9-26-71(4)31-35-83-38-37-82-34-25-52-46-75(70-69-52)32-36-84-39-40-86-56-22-16-51(17-23-56)66-61(80)68-62-67-53(47-88-62)42-59(78)73-29-27-72(5)28-30-73/h6-8,11-14,16-17,20-23,46-47,50,54,57H,9-10,15,18-19,24-45H2,1-5H3,(H,65,79)(H2,66,67,68,80). The average molecular weight is 1240 g/mol. The summed E-state index contributed by atoms with van der Waals surface area (Å²) in [4.78, 5) is 80.1. The first-order valence-electron chi connectivity index (χ1n) is 30.9. The Morgan fingerprint density at radius 1 is 0.727 bits per heavy atom. The Morgan fingerprint density at radius 2 is 1.42 bits per heavy atom. The number of benzene rings is 3. The van der Waals surface area contributed by atoms with Crippen LogP contribution in [0.15, 0.2) is 90.4 Å². The molecule has 23 nitrogen and oxygen atoms in total. The van der Waals surface area contributed by atoms with E-state index < -0.39 is 17.7 Å². The Balaban J connectivity index is 0.605. The van der Waals surface area contributed by atoms with Gasteiger partial charge in [-0.25, -0.2) is 19.3 Å². The normalized spacial score (nSPS) is 14.9. The maximum atomic E-state index is 14.0.